The number of rotatable bonds is 9. The highest BCUT2D eigenvalue weighted by Gasteiger charge is 2.10. The SMILES string of the molecule is CCC(C)OCC(=O)NCCc1ccc(C(=O)O)cc1OC. The van der Waals surface area contributed by atoms with Crippen LogP contribution >= 0.6 is 0 Å². The summed E-state index contributed by atoms with van der Waals surface area (Å²) in [5.74, 6) is -0.660. The van der Waals surface area contributed by atoms with E-state index in [0.29, 0.717) is 18.7 Å². The number of methoxy groups -OCH3 is 1. The van der Waals surface area contributed by atoms with Gasteiger partial charge in [-0.05, 0) is 37.5 Å². The van der Waals surface area contributed by atoms with Crippen molar-refractivity contribution in [2.45, 2.75) is 32.8 Å². The highest BCUT2D eigenvalue weighted by molar-refractivity contribution is 5.88. The minimum absolute atomic E-state index is 0.0457. The Labute approximate surface area is 130 Å². The van der Waals surface area contributed by atoms with Crippen molar-refractivity contribution in [1.29, 1.82) is 0 Å². The highest BCUT2D eigenvalue weighted by atomic mass is 16.5. The van der Waals surface area contributed by atoms with Crippen LogP contribution in [0.3, 0.4) is 0 Å². The quantitative estimate of drug-likeness (QED) is 0.727. The van der Waals surface area contributed by atoms with E-state index >= 15 is 0 Å². The molecule has 1 rings (SSSR count). The molecule has 1 aromatic carbocycles. The lowest BCUT2D eigenvalue weighted by atomic mass is 10.1. The normalized spacial score (nSPS) is 11.8. The summed E-state index contributed by atoms with van der Waals surface area (Å²) >= 11 is 0. The molecule has 6 heteroatoms. The van der Waals surface area contributed by atoms with Crippen molar-refractivity contribution in [3.63, 3.8) is 0 Å². The number of nitrogens with one attached hydrogen (secondary N) is 1. The van der Waals surface area contributed by atoms with Crippen molar-refractivity contribution < 1.29 is 24.2 Å². The molecule has 0 spiro atoms. The molecule has 22 heavy (non-hydrogen) atoms. The van der Waals surface area contributed by atoms with E-state index < -0.39 is 5.97 Å². The van der Waals surface area contributed by atoms with Gasteiger partial charge >= 0.3 is 5.97 Å². The van der Waals surface area contributed by atoms with E-state index in [1.165, 1.54) is 19.2 Å². The second kappa shape index (κ2) is 9.04. The number of carboxylic acid groups (broad SMARTS) is 1. The Morgan fingerprint density at radius 1 is 1.36 bits per heavy atom. The van der Waals surface area contributed by atoms with Gasteiger partial charge in [-0.15, -0.1) is 0 Å². The fraction of sp³-hybridized carbons (Fsp3) is 0.500. The van der Waals surface area contributed by atoms with Crippen LogP contribution in [0.2, 0.25) is 0 Å². The van der Waals surface area contributed by atoms with Gasteiger partial charge in [-0.3, -0.25) is 4.79 Å². The third kappa shape index (κ3) is 5.73. The molecule has 0 aromatic heterocycles. The van der Waals surface area contributed by atoms with Gasteiger partial charge in [-0.1, -0.05) is 13.0 Å². The molecule has 2 N–H and O–H groups in total. The van der Waals surface area contributed by atoms with Gasteiger partial charge < -0.3 is 19.9 Å². The summed E-state index contributed by atoms with van der Waals surface area (Å²) < 4.78 is 10.5. The van der Waals surface area contributed by atoms with E-state index in [1.54, 1.807) is 6.07 Å². The first kappa shape index (κ1) is 18.0. The largest absolute Gasteiger partial charge is 0.496 e. The lowest BCUT2D eigenvalue weighted by molar-refractivity contribution is -0.127. The first-order valence-electron chi connectivity index (χ1n) is 7.26. The molecule has 0 aliphatic rings. The Balaban J connectivity index is 2.47. The van der Waals surface area contributed by atoms with E-state index in [-0.39, 0.29) is 24.2 Å². The Kier molecular flexibility index (Phi) is 7.39. The maximum absolute atomic E-state index is 11.6. The average molecular weight is 309 g/mol. The number of aromatic carboxylic acids is 1. The second-order valence-corrected chi connectivity index (χ2v) is 4.96. The lowest BCUT2D eigenvalue weighted by Crippen LogP contribution is -2.30. The van der Waals surface area contributed by atoms with Crippen molar-refractivity contribution in [2.75, 3.05) is 20.3 Å². The van der Waals surface area contributed by atoms with E-state index in [1.807, 2.05) is 13.8 Å². The third-order valence-corrected chi connectivity index (χ3v) is 3.32. The molecule has 0 radical (unpaired) electrons. The molecule has 6 nitrogen and oxygen atoms in total. The van der Waals surface area contributed by atoms with Crippen LogP contribution in [0.4, 0.5) is 0 Å². The Bertz CT molecular complexity index is 515. The van der Waals surface area contributed by atoms with Crippen molar-refractivity contribution in [1.82, 2.24) is 5.32 Å². The number of hydrogen-bond acceptors (Lipinski definition) is 4. The second-order valence-electron chi connectivity index (χ2n) is 4.96. The van der Waals surface area contributed by atoms with Gasteiger partial charge in [0.25, 0.3) is 0 Å². The fourth-order valence-electron chi connectivity index (χ4n) is 1.81. The summed E-state index contributed by atoms with van der Waals surface area (Å²) in [6.07, 6.45) is 1.48. The molecule has 0 aliphatic carbocycles. The van der Waals surface area contributed by atoms with Gasteiger partial charge in [-0.25, -0.2) is 4.79 Å². The summed E-state index contributed by atoms with van der Waals surface area (Å²) in [5, 5.41) is 11.7. The van der Waals surface area contributed by atoms with E-state index in [0.717, 1.165) is 12.0 Å². The predicted octanol–water partition coefficient (Wildman–Crippen LogP) is 1.87. The van der Waals surface area contributed by atoms with Crippen molar-refractivity contribution in [3.8, 4) is 5.75 Å². The first-order chi connectivity index (χ1) is 10.5. The molecule has 0 bridgehead atoms. The molecule has 0 saturated heterocycles. The van der Waals surface area contributed by atoms with Gasteiger partial charge in [0, 0.05) is 6.54 Å². The zero-order chi connectivity index (χ0) is 16.5. The molecule has 1 unspecified atom stereocenters. The fourth-order valence-corrected chi connectivity index (χ4v) is 1.81. The minimum Gasteiger partial charge on any atom is -0.496 e. The molecular weight excluding hydrogens is 286 g/mol. The van der Waals surface area contributed by atoms with Crippen molar-refractivity contribution in [2.24, 2.45) is 0 Å². The number of carbonyl (C=O) groups is 2. The zero-order valence-corrected chi connectivity index (χ0v) is 13.2. The average Bonchev–Trinajstić information content (AvgIpc) is 2.52. The standard InChI is InChI=1S/C16H23NO5/c1-4-11(2)22-10-15(18)17-8-7-12-5-6-13(16(19)20)9-14(12)21-3/h5-6,9,11H,4,7-8,10H2,1-3H3,(H,17,18)(H,19,20). The van der Waals surface area contributed by atoms with Crippen LogP contribution < -0.4 is 10.1 Å². The van der Waals surface area contributed by atoms with E-state index in [4.69, 9.17) is 14.6 Å². The van der Waals surface area contributed by atoms with Gasteiger partial charge in [0.1, 0.15) is 12.4 Å². The van der Waals surface area contributed by atoms with Gasteiger partial charge in [0.2, 0.25) is 5.91 Å². The molecule has 1 amide bonds. The topological polar surface area (TPSA) is 84.9 Å². The Morgan fingerprint density at radius 2 is 2.09 bits per heavy atom. The van der Waals surface area contributed by atoms with E-state index in [9.17, 15) is 9.59 Å². The smallest absolute Gasteiger partial charge is 0.335 e. The summed E-state index contributed by atoms with van der Waals surface area (Å²) in [7, 11) is 1.49. The predicted molar refractivity (Wildman–Crippen MR) is 82.4 cm³/mol. The van der Waals surface area contributed by atoms with Gasteiger partial charge in [-0.2, -0.15) is 0 Å². The first-order valence-corrected chi connectivity index (χ1v) is 7.26. The van der Waals surface area contributed by atoms with Crippen molar-refractivity contribution in [3.05, 3.63) is 29.3 Å². The summed E-state index contributed by atoms with van der Waals surface area (Å²) in [5.41, 5.74) is 1.02. The highest BCUT2D eigenvalue weighted by Crippen LogP contribution is 2.20. The number of benzene rings is 1. The van der Waals surface area contributed by atoms with Crippen LogP contribution in [0.15, 0.2) is 18.2 Å². The monoisotopic (exact) mass is 309 g/mol. The van der Waals surface area contributed by atoms with E-state index in [2.05, 4.69) is 5.32 Å². The van der Waals surface area contributed by atoms with Crippen LogP contribution in [0.25, 0.3) is 0 Å². The molecule has 0 saturated carbocycles. The molecule has 0 aliphatic heterocycles. The number of ether oxygens (including phenoxy) is 2. The zero-order valence-electron chi connectivity index (χ0n) is 13.2. The van der Waals surface area contributed by atoms with Crippen LogP contribution in [-0.2, 0) is 16.0 Å². The van der Waals surface area contributed by atoms with Crippen molar-refractivity contribution >= 4 is 11.9 Å². The lowest BCUT2D eigenvalue weighted by Gasteiger charge is -2.12. The number of amides is 1. The number of carbonyl (C=O) groups excluding carboxylic acids is 1. The van der Waals surface area contributed by atoms with Crippen LogP contribution in [0.5, 0.6) is 5.75 Å². The van der Waals surface area contributed by atoms with Gasteiger partial charge in [0.15, 0.2) is 0 Å². The Morgan fingerprint density at radius 3 is 2.68 bits per heavy atom. The molecule has 1 aromatic rings. The van der Waals surface area contributed by atoms with Crippen LogP contribution in [-0.4, -0.2) is 43.3 Å². The minimum atomic E-state index is -1.000. The summed E-state index contributed by atoms with van der Waals surface area (Å²) in [6.45, 7) is 4.40. The maximum Gasteiger partial charge on any atom is 0.335 e. The van der Waals surface area contributed by atoms with Gasteiger partial charge in [0.05, 0.1) is 18.8 Å². The van der Waals surface area contributed by atoms with Crippen LogP contribution in [0, 0.1) is 0 Å². The molecule has 0 fully saturated rings. The number of carboxylic acids is 1. The summed E-state index contributed by atoms with van der Waals surface area (Å²) in [4.78, 5) is 22.5. The number of hydrogen-bond donors (Lipinski definition) is 2. The summed E-state index contributed by atoms with van der Waals surface area (Å²) in [6, 6.07) is 4.70. The maximum atomic E-state index is 11.6. The molecule has 0 heterocycles. The third-order valence-electron chi connectivity index (χ3n) is 3.32. The molecular formula is C16H23NO5. The molecule has 122 valence electrons. The molecule has 1 atom stereocenters. The Hall–Kier alpha value is -2.08. The van der Waals surface area contributed by atoms with Crippen LogP contribution in [0.1, 0.15) is 36.2 Å².